The molecular formula is C45H67FN2O5S. The van der Waals surface area contributed by atoms with Gasteiger partial charge in [0.15, 0.2) is 9.84 Å². The number of nitrogens with zero attached hydrogens (tertiary/aromatic N) is 1. The molecule has 0 aromatic heterocycles. The van der Waals surface area contributed by atoms with E-state index in [0.29, 0.717) is 48.9 Å². The molecule has 1 amide bonds. The van der Waals surface area contributed by atoms with Crippen LogP contribution in [0, 0.1) is 62.6 Å². The Morgan fingerprint density at radius 1 is 0.907 bits per heavy atom. The lowest BCUT2D eigenvalue weighted by Crippen LogP contribution is -2.68. The third-order valence-corrected chi connectivity index (χ3v) is 19.0. The van der Waals surface area contributed by atoms with Crippen molar-refractivity contribution in [2.24, 2.45) is 62.6 Å². The Balaban J connectivity index is 1.13. The highest BCUT2D eigenvalue weighted by molar-refractivity contribution is 7.91. The standard InChI is InChI=1S/C45H67FN2O5S/c1-29(2)32-16-19-45(40(50)47-22-9-23-48-24-26-54(51,52)27-25-48)21-20-42(5)33(38(32)45)14-15-36-43(42,6)18-17-35-41(3,4)34(28-37(46)44(35,36)7)30-10-12-31(13-11-30)39(49)53-8/h10-13,28-29,32-33,35-38H,9,14-27H2,1-8H3,(H,47,50)/t32-,33+,35-,36-,37?,38+,42+,43+,44-,45-/m0/s1. The number of sulfone groups is 1. The summed E-state index contributed by atoms with van der Waals surface area (Å²) >= 11 is 0. The predicted octanol–water partition coefficient (Wildman–Crippen LogP) is 8.39. The summed E-state index contributed by atoms with van der Waals surface area (Å²) in [5.74, 6) is 2.52. The number of carbonyl (C=O) groups excluding carboxylic acids is 2. The van der Waals surface area contributed by atoms with Crippen molar-refractivity contribution >= 4 is 27.3 Å². The van der Waals surface area contributed by atoms with Gasteiger partial charge in [-0.3, -0.25) is 4.79 Å². The summed E-state index contributed by atoms with van der Waals surface area (Å²) in [6, 6.07) is 7.49. The fourth-order valence-electron chi connectivity index (χ4n) is 14.3. The van der Waals surface area contributed by atoms with Crippen LogP contribution >= 0.6 is 0 Å². The van der Waals surface area contributed by atoms with E-state index < -0.39 is 21.4 Å². The molecule has 9 heteroatoms. The smallest absolute Gasteiger partial charge is 0.337 e. The number of alkyl halides is 1. The Bertz CT molecular complexity index is 1740. The molecule has 6 aliphatic rings. The number of amides is 1. The molecule has 1 saturated heterocycles. The van der Waals surface area contributed by atoms with E-state index in [1.54, 1.807) is 12.1 Å². The van der Waals surface area contributed by atoms with Gasteiger partial charge in [0.05, 0.1) is 29.6 Å². The van der Waals surface area contributed by atoms with Gasteiger partial charge < -0.3 is 15.0 Å². The summed E-state index contributed by atoms with van der Waals surface area (Å²) in [4.78, 5) is 28.9. The molecule has 1 aromatic rings. The number of esters is 1. The van der Waals surface area contributed by atoms with E-state index >= 15 is 4.39 Å². The third-order valence-electron chi connectivity index (χ3n) is 17.4. The first-order valence-corrected chi connectivity index (χ1v) is 22.9. The van der Waals surface area contributed by atoms with Gasteiger partial charge in [-0.15, -0.1) is 0 Å². The van der Waals surface area contributed by atoms with Crippen molar-refractivity contribution in [3.63, 3.8) is 0 Å². The van der Waals surface area contributed by atoms with Crippen LogP contribution in [0.25, 0.3) is 5.57 Å². The average molecular weight is 767 g/mol. The average Bonchev–Trinajstić information content (AvgIpc) is 3.54. The highest BCUT2D eigenvalue weighted by atomic mass is 32.2. The lowest BCUT2D eigenvalue weighted by molar-refractivity contribution is -0.236. The number of halogens is 1. The second-order valence-electron chi connectivity index (χ2n) is 20.0. The number of allylic oxidation sites excluding steroid dienone is 2. The number of fused-ring (bicyclic) bond motifs is 7. The molecule has 4 saturated carbocycles. The molecule has 1 N–H and O–H groups in total. The summed E-state index contributed by atoms with van der Waals surface area (Å²) in [5, 5.41) is 3.43. The van der Waals surface area contributed by atoms with Gasteiger partial charge in [0.25, 0.3) is 0 Å². The van der Waals surface area contributed by atoms with E-state index in [2.05, 4.69) is 58.7 Å². The van der Waals surface area contributed by atoms with Crippen LogP contribution in [0.3, 0.4) is 0 Å². The lowest BCUT2D eigenvalue weighted by Gasteiger charge is -2.72. The van der Waals surface area contributed by atoms with Crippen LogP contribution in [0.4, 0.5) is 4.39 Å². The van der Waals surface area contributed by atoms with Gasteiger partial charge in [0.1, 0.15) is 6.17 Å². The molecule has 300 valence electrons. The SMILES string of the molecule is COC(=O)c1ccc(C2=CC(F)[C@]3(C)[C@H]4CC[C@@H]5[C@H]6[C@H](C(C)C)CC[C@]6(C(=O)NCCCN6CCS(=O)(=O)CC6)CC[C@@]5(C)[C@]4(C)CC[C@H]3C2(C)C)cc1. The normalized spacial score (nSPS) is 41.1. The Kier molecular flexibility index (Phi) is 10.3. The minimum absolute atomic E-state index is 0.0159. The van der Waals surface area contributed by atoms with Crippen LogP contribution in [-0.4, -0.2) is 76.2 Å². The van der Waals surface area contributed by atoms with Crippen LogP contribution in [-0.2, 0) is 19.4 Å². The fourth-order valence-corrected chi connectivity index (χ4v) is 15.6. The molecule has 0 spiro atoms. The van der Waals surface area contributed by atoms with E-state index in [-0.39, 0.29) is 56.9 Å². The van der Waals surface area contributed by atoms with Crippen molar-refractivity contribution in [2.45, 2.75) is 112 Å². The number of hydrogen-bond acceptors (Lipinski definition) is 6. The van der Waals surface area contributed by atoms with Crippen molar-refractivity contribution in [3.05, 3.63) is 41.5 Å². The number of benzene rings is 1. The molecule has 1 unspecified atom stereocenters. The van der Waals surface area contributed by atoms with E-state index in [1.807, 2.05) is 18.2 Å². The molecule has 0 bridgehead atoms. The Labute approximate surface area is 324 Å². The zero-order valence-electron chi connectivity index (χ0n) is 34.3. The van der Waals surface area contributed by atoms with Crippen LogP contribution < -0.4 is 5.32 Å². The minimum Gasteiger partial charge on any atom is -0.465 e. The first-order chi connectivity index (χ1) is 25.4. The highest BCUT2D eigenvalue weighted by Crippen LogP contribution is 2.78. The van der Waals surface area contributed by atoms with Crippen LogP contribution in [0.5, 0.6) is 0 Å². The molecule has 1 aromatic carbocycles. The molecule has 0 radical (unpaired) electrons. The van der Waals surface area contributed by atoms with Gasteiger partial charge >= 0.3 is 5.97 Å². The molecule has 7 rings (SSSR count). The maximum atomic E-state index is 17.4. The summed E-state index contributed by atoms with van der Waals surface area (Å²) in [6.45, 7) is 19.3. The van der Waals surface area contributed by atoms with Crippen molar-refractivity contribution in [3.8, 4) is 0 Å². The summed E-state index contributed by atoms with van der Waals surface area (Å²) in [7, 11) is -1.52. The molecule has 5 aliphatic carbocycles. The van der Waals surface area contributed by atoms with E-state index in [4.69, 9.17) is 4.74 Å². The predicted molar refractivity (Wildman–Crippen MR) is 213 cm³/mol. The van der Waals surface area contributed by atoms with Crippen LogP contribution in [0.2, 0.25) is 0 Å². The van der Waals surface area contributed by atoms with E-state index in [9.17, 15) is 18.0 Å². The molecule has 10 atom stereocenters. The van der Waals surface area contributed by atoms with Crippen molar-refractivity contribution in [2.75, 3.05) is 44.8 Å². The van der Waals surface area contributed by atoms with Crippen LogP contribution in [0.1, 0.15) is 122 Å². The number of rotatable bonds is 8. The molecular weight excluding hydrogens is 700 g/mol. The number of methoxy groups -OCH3 is 1. The summed E-state index contributed by atoms with van der Waals surface area (Å²) in [5.41, 5.74) is 1.40. The zero-order chi connectivity index (χ0) is 39.1. The van der Waals surface area contributed by atoms with Crippen molar-refractivity contribution < 1.29 is 27.1 Å². The molecule has 54 heavy (non-hydrogen) atoms. The second kappa shape index (κ2) is 14.0. The number of carbonyl (C=O) groups is 2. The number of nitrogens with one attached hydrogen (secondary N) is 1. The van der Waals surface area contributed by atoms with Gasteiger partial charge in [-0.25, -0.2) is 17.6 Å². The Morgan fingerprint density at radius 2 is 1.59 bits per heavy atom. The monoisotopic (exact) mass is 766 g/mol. The molecule has 1 heterocycles. The van der Waals surface area contributed by atoms with Crippen LogP contribution in [0.15, 0.2) is 30.3 Å². The fraction of sp³-hybridized carbons (Fsp3) is 0.778. The quantitative estimate of drug-likeness (QED) is 0.211. The highest BCUT2D eigenvalue weighted by Gasteiger charge is 2.72. The van der Waals surface area contributed by atoms with E-state index in [0.717, 1.165) is 75.5 Å². The molecule has 5 fully saturated rings. The minimum atomic E-state index is -2.90. The molecule has 7 nitrogen and oxygen atoms in total. The van der Waals surface area contributed by atoms with Gasteiger partial charge in [0, 0.05) is 25.0 Å². The van der Waals surface area contributed by atoms with Gasteiger partial charge in [-0.05, 0) is 145 Å². The summed E-state index contributed by atoms with van der Waals surface area (Å²) < 4.78 is 46.0. The van der Waals surface area contributed by atoms with Gasteiger partial charge in [-0.1, -0.05) is 60.6 Å². The van der Waals surface area contributed by atoms with E-state index in [1.165, 1.54) is 7.11 Å². The van der Waals surface area contributed by atoms with Crippen molar-refractivity contribution in [1.82, 2.24) is 10.2 Å². The first-order valence-electron chi connectivity index (χ1n) is 21.1. The zero-order valence-corrected chi connectivity index (χ0v) is 35.1. The third kappa shape index (κ3) is 6.05. The first kappa shape index (κ1) is 40.0. The summed E-state index contributed by atoms with van der Waals surface area (Å²) in [6.07, 6.45) is 9.76. The second-order valence-corrected chi connectivity index (χ2v) is 22.3. The maximum Gasteiger partial charge on any atom is 0.337 e. The largest absolute Gasteiger partial charge is 0.465 e. The number of ether oxygens (including phenoxy) is 1. The number of hydrogen-bond donors (Lipinski definition) is 1. The lowest BCUT2D eigenvalue weighted by atomic mass is 9.32. The Hall–Kier alpha value is -2.26. The maximum absolute atomic E-state index is 17.4. The van der Waals surface area contributed by atoms with Gasteiger partial charge in [-0.2, -0.15) is 0 Å². The molecule has 1 aliphatic heterocycles. The topological polar surface area (TPSA) is 92.8 Å². The van der Waals surface area contributed by atoms with Crippen molar-refractivity contribution in [1.29, 1.82) is 0 Å². The van der Waals surface area contributed by atoms with Gasteiger partial charge in [0.2, 0.25) is 5.91 Å². The Morgan fingerprint density at radius 3 is 2.24 bits per heavy atom.